The van der Waals surface area contributed by atoms with Gasteiger partial charge in [0, 0.05) is 44.0 Å². The summed E-state index contributed by atoms with van der Waals surface area (Å²) < 4.78 is 2.21. The molecule has 0 saturated carbocycles. The number of nitrogens with zero attached hydrogens (tertiary/aromatic N) is 4. The van der Waals surface area contributed by atoms with Crippen LogP contribution in [0.15, 0.2) is 23.7 Å². The molecule has 0 saturated heterocycles. The maximum atomic E-state index is 4.71. The zero-order valence-electron chi connectivity index (χ0n) is 12.5. The van der Waals surface area contributed by atoms with Gasteiger partial charge in [-0.2, -0.15) is 13.8 Å². The van der Waals surface area contributed by atoms with E-state index >= 15 is 0 Å². The van der Waals surface area contributed by atoms with Gasteiger partial charge in [0.2, 0.25) is 0 Å². The van der Waals surface area contributed by atoms with Crippen molar-refractivity contribution in [2.45, 2.75) is 33.7 Å². The molecule has 0 atom stereocenters. The van der Waals surface area contributed by atoms with Crippen molar-refractivity contribution >= 4 is 22.5 Å². The van der Waals surface area contributed by atoms with Crippen molar-refractivity contribution in [2.75, 3.05) is 0 Å². The van der Waals surface area contributed by atoms with Crippen molar-refractivity contribution in [1.82, 2.24) is 19.5 Å². The van der Waals surface area contributed by atoms with E-state index in [1.54, 1.807) is 11.3 Å². The minimum absolute atomic E-state index is 0. The second kappa shape index (κ2) is 7.08. The molecule has 1 radical (unpaired) electrons. The Morgan fingerprint density at radius 2 is 2.10 bits per heavy atom. The van der Waals surface area contributed by atoms with E-state index < -0.39 is 0 Å². The van der Waals surface area contributed by atoms with Gasteiger partial charge in [0.15, 0.2) is 5.65 Å². The molecule has 0 bridgehead atoms. The molecule has 3 heterocycles. The molecule has 0 aromatic carbocycles. The number of thiophene rings is 1. The predicted molar refractivity (Wildman–Crippen MR) is 81.8 cm³/mol. The minimum Gasteiger partial charge on any atom is -0.343 e. The van der Waals surface area contributed by atoms with Crippen molar-refractivity contribution in [3.05, 3.63) is 46.2 Å². The van der Waals surface area contributed by atoms with Crippen LogP contribution in [0.2, 0.25) is 0 Å². The molecule has 0 spiro atoms. The Labute approximate surface area is 153 Å². The van der Waals surface area contributed by atoms with Gasteiger partial charge in [-0.25, -0.2) is 15.0 Å². The SMILES string of the molecule is Cc1ncc2nc(Cc3cccs3)n(C[C-](C)C)c2n1.[Y]. The molecule has 0 amide bonds. The van der Waals surface area contributed by atoms with Crippen molar-refractivity contribution in [2.24, 2.45) is 0 Å². The number of hydrogen-bond donors (Lipinski definition) is 0. The van der Waals surface area contributed by atoms with E-state index in [1.807, 2.05) is 13.1 Å². The summed E-state index contributed by atoms with van der Waals surface area (Å²) >= 11 is 1.76. The third-order valence-electron chi connectivity index (χ3n) is 3.07. The maximum Gasteiger partial charge on any atom is 0.161 e. The first-order chi connectivity index (χ1) is 9.63. The Morgan fingerprint density at radius 1 is 1.29 bits per heavy atom. The van der Waals surface area contributed by atoms with Crippen LogP contribution in [0.1, 0.15) is 30.4 Å². The molecule has 0 unspecified atom stereocenters. The van der Waals surface area contributed by atoms with Crippen molar-refractivity contribution in [3.8, 4) is 0 Å². The van der Waals surface area contributed by atoms with Crippen LogP contribution in [0.5, 0.6) is 0 Å². The Morgan fingerprint density at radius 3 is 2.76 bits per heavy atom. The number of fused-ring (bicyclic) bond motifs is 1. The Kier molecular flexibility index (Phi) is 5.63. The van der Waals surface area contributed by atoms with Crippen molar-refractivity contribution in [3.63, 3.8) is 0 Å². The monoisotopic (exact) mass is 374 g/mol. The largest absolute Gasteiger partial charge is 0.343 e. The van der Waals surface area contributed by atoms with Gasteiger partial charge in [-0.15, -0.1) is 11.3 Å². The molecule has 3 aromatic heterocycles. The first-order valence-electron chi connectivity index (χ1n) is 6.63. The normalized spacial score (nSPS) is 11.0. The standard InChI is InChI=1S/C15H17N4S.Y/c1-10(2)9-19-14(7-12-5-4-6-20-12)18-13-8-16-11(3)17-15(13)19;/h4-6,8H,7,9H2,1-3H3;/q-1;. The zero-order chi connectivity index (χ0) is 14.1. The van der Waals surface area contributed by atoms with Crippen LogP contribution in [-0.4, -0.2) is 19.5 Å². The predicted octanol–water partition coefficient (Wildman–Crippen LogP) is 3.40. The number of imidazole rings is 1. The Bertz CT molecular complexity index is 719. The average Bonchev–Trinajstić information content (AvgIpc) is 2.99. The number of rotatable bonds is 4. The Hall–Kier alpha value is -0.646. The molecule has 0 fully saturated rings. The maximum absolute atomic E-state index is 4.71. The van der Waals surface area contributed by atoms with E-state index in [0.717, 1.165) is 35.8 Å². The van der Waals surface area contributed by atoms with Gasteiger partial charge in [-0.05, 0) is 18.4 Å². The van der Waals surface area contributed by atoms with Crippen LogP contribution in [0.25, 0.3) is 11.2 Å². The number of aryl methyl sites for hydroxylation is 1. The van der Waals surface area contributed by atoms with Crippen LogP contribution in [-0.2, 0) is 45.7 Å². The fourth-order valence-corrected chi connectivity index (χ4v) is 2.94. The third-order valence-corrected chi connectivity index (χ3v) is 3.95. The molecule has 3 aromatic rings. The summed E-state index contributed by atoms with van der Waals surface area (Å²) in [6.07, 6.45) is 2.66. The van der Waals surface area contributed by atoms with Gasteiger partial charge in [0.25, 0.3) is 0 Å². The molecule has 21 heavy (non-hydrogen) atoms. The van der Waals surface area contributed by atoms with E-state index in [9.17, 15) is 0 Å². The van der Waals surface area contributed by atoms with Crippen LogP contribution >= 0.6 is 11.3 Å². The molecule has 3 rings (SSSR count). The first-order valence-corrected chi connectivity index (χ1v) is 7.51. The molecule has 107 valence electrons. The summed E-state index contributed by atoms with van der Waals surface area (Å²) in [6, 6.07) is 4.22. The van der Waals surface area contributed by atoms with E-state index in [2.05, 4.69) is 45.9 Å². The summed E-state index contributed by atoms with van der Waals surface area (Å²) in [4.78, 5) is 14.8. The molecular formula is C15H17N4SY-. The van der Waals surface area contributed by atoms with Gasteiger partial charge in [-0.3, -0.25) is 0 Å². The number of aromatic nitrogens is 4. The average molecular weight is 374 g/mol. The van der Waals surface area contributed by atoms with Gasteiger partial charge in [0.05, 0.1) is 6.20 Å². The second-order valence-electron chi connectivity index (χ2n) is 5.20. The molecule has 0 aliphatic heterocycles. The van der Waals surface area contributed by atoms with Crippen LogP contribution in [0.3, 0.4) is 0 Å². The van der Waals surface area contributed by atoms with E-state index in [-0.39, 0.29) is 32.7 Å². The fourth-order valence-electron chi connectivity index (χ4n) is 2.24. The summed E-state index contributed by atoms with van der Waals surface area (Å²) in [5.41, 5.74) is 1.81. The quantitative estimate of drug-likeness (QED) is 0.658. The fraction of sp³-hybridized carbons (Fsp3) is 0.333. The Balaban J connectivity index is 0.00000161. The molecule has 6 heteroatoms. The third kappa shape index (κ3) is 3.76. The first kappa shape index (κ1) is 16.7. The molecular weight excluding hydrogens is 357 g/mol. The van der Waals surface area contributed by atoms with Gasteiger partial charge >= 0.3 is 0 Å². The smallest absolute Gasteiger partial charge is 0.161 e. The topological polar surface area (TPSA) is 43.6 Å². The van der Waals surface area contributed by atoms with Crippen LogP contribution < -0.4 is 0 Å². The summed E-state index contributed by atoms with van der Waals surface area (Å²) in [5, 5.41) is 2.10. The zero-order valence-corrected chi connectivity index (χ0v) is 16.2. The van der Waals surface area contributed by atoms with Crippen LogP contribution in [0, 0.1) is 12.8 Å². The summed E-state index contributed by atoms with van der Waals surface area (Å²) in [5.74, 6) is 3.19. The number of hydrogen-bond acceptors (Lipinski definition) is 4. The molecule has 0 aliphatic carbocycles. The molecule has 4 nitrogen and oxygen atoms in total. The van der Waals surface area contributed by atoms with Gasteiger partial charge in [-0.1, -0.05) is 12.6 Å². The molecule has 0 N–H and O–H groups in total. The van der Waals surface area contributed by atoms with Gasteiger partial charge in [0.1, 0.15) is 17.2 Å². The van der Waals surface area contributed by atoms with E-state index in [4.69, 9.17) is 4.98 Å². The van der Waals surface area contributed by atoms with Crippen molar-refractivity contribution in [1.29, 1.82) is 0 Å². The minimum atomic E-state index is 0. The summed E-state index contributed by atoms with van der Waals surface area (Å²) in [7, 11) is 0. The second-order valence-corrected chi connectivity index (χ2v) is 6.24. The van der Waals surface area contributed by atoms with Gasteiger partial charge < -0.3 is 10.5 Å². The van der Waals surface area contributed by atoms with E-state index in [0.29, 0.717) is 0 Å². The van der Waals surface area contributed by atoms with E-state index in [1.165, 1.54) is 10.8 Å². The summed E-state index contributed by atoms with van der Waals surface area (Å²) in [6.45, 7) is 7.04. The molecule has 0 aliphatic rings. The van der Waals surface area contributed by atoms with Crippen LogP contribution in [0.4, 0.5) is 0 Å². The van der Waals surface area contributed by atoms with Crippen molar-refractivity contribution < 1.29 is 32.7 Å².